The summed E-state index contributed by atoms with van der Waals surface area (Å²) in [5, 5.41) is 9.80. The van der Waals surface area contributed by atoms with Gasteiger partial charge in [-0.3, -0.25) is 4.98 Å². The Hall–Kier alpha value is -0.930. The van der Waals surface area contributed by atoms with Gasteiger partial charge in [0.25, 0.3) is 0 Å². The molecular weight excluding hydrogens is 200 g/mol. The molecule has 0 radical (unpaired) electrons. The van der Waals surface area contributed by atoms with Gasteiger partial charge in [-0.1, -0.05) is 0 Å². The van der Waals surface area contributed by atoms with E-state index in [1.165, 1.54) is 5.56 Å². The van der Waals surface area contributed by atoms with Crippen LogP contribution in [0.2, 0.25) is 0 Å². The predicted octanol–water partition coefficient (Wildman–Crippen LogP) is 1.47. The Kier molecular flexibility index (Phi) is 3.91. The van der Waals surface area contributed by atoms with Crippen LogP contribution in [0.15, 0.2) is 24.5 Å². The van der Waals surface area contributed by atoms with Crippen molar-refractivity contribution in [2.75, 3.05) is 13.6 Å². The zero-order valence-electron chi connectivity index (χ0n) is 9.84. The number of aliphatic hydroxyl groups excluding tert-OH is 1. The molecule has 1 fully saturated rings. The van der Waals surface area contributed by atoms with Crippen LogP contribution < -0.4 is 0 Å². The smallest absolute Gasteiger partial charge is 0.0695 e. The maximum atomic E-state index is 9.80. The van der Waals surface area contributed by atoms with Gasteiger partial charge in [-0.05, 0) is 50.4 Å². The fourth-order valence-corrected chi connectivity index (χ4v) is 2.46. The van der Waals surface area contributed by atoms with Gasteiger partial charge in [-0.25, -0.2) is 0 Å². The van der Waals surface area contributed by atoms with Crippen LogP contribution in [0.3, 0.4) is 0 Å². The number of hydrogen-bond donors (Lipinski definition) is 1. The van der Waals surface area contributed by atoms with Crippen molar-refractivity contribution in [1.29, 1.82) is 0 Å². The summed E-state index contributed by atoms with van der Waals surface area (Å²) in [6.07, 6.45) is 7.83. The predicted molar refractivity (Wildman–Crippen MR) is 64.2 cm³/mol. The quantitative estimate of drug-likeness (QED) is 0.834. The highest BCUT2D eigenvalue weighted by Crippen LogP contribution is 2.23. The van der Waals surface area contributed by atoms with Gasteiger partial charge in [0.05, 0.1) is 6.10 Å². The molecule has 0 saturated heterocycles. The van der Waals surface area contributed by atoms with Crippen molar-refractivity contribution >= 4 is 0 Å². The molecule has 2 atom stereocenters. The number of rotatable bonds is 4. The average molecular weight is 220 g/mol. The molecule has 3 nitrogen and oxygen atoms in total. The van der Waals surface area contributed by atoms with Crippen molar-refractivity contribution < 1.29 is 5.11 Å². The molecule has 1 aliphatic rings. The monoisotopic (exact) mass is 220 g/mol. The molecule has 0 bridgehead atoms. The molecule has 1 saturated carbocycles. The number of aliphatic hydroxyl groups is 1. The van der Waals surface area contributed by atoms with Crippen LogP contribution in [0.4, 0.5) is 0 Å². The minimum absolute atomic E-state index is 0.123. The van der Waals surface area contributed by atoms with Crippen LogP contribution in [0, 0.1) is 0 Å². The molecule has 0 aromatic carbocycles. The largest absolute Gasteiger partial charge is 0.391 e. The Labute approximate surface area is 97.1 Å². The summed E-state index contributed by atoms with van der Waals surface area (Å²) in [5.74, 6) is 0. The standard InChI is InChI=1S/C13H20N2O/c1-15(12-3-2-4-13(12)16)10-7-11-5-8-14-9-6-11/h5-6,8-9,12-13,16H,2-4,7,10H2,1H3. The van der Waals surface area contributed by atoms with Gasteiger partial charge in [0.2, 0.25) is 0 Å². The van der Waals surface area contributed by atoms with Crippen molar-refractivity contribution in [3.8, 4) is 0 Å². The first-order chi connectivity index (χ1) is 7.77. The highest BCUT2D eigenvalue weighted by Gasteiger charge is 2.28. The van der Waals surface area contributed by atoms with Gasteiger partial charge in [-0.15, -0.1) is 0 Å². The molecule has 1 aromatic heterocycles. The van der Waals surface area contributed by atoms with E-state index in [2.05, 4.69) is 29.1 Å². The van der Waals surface area contributed by atoms with Gasteiger partial charge in [0.15, 0.2) is 0 Å². The second-order valence-corrected chi connectivity index (χ2v) is 4.65. The van der Waals surface area contributed by atoms with E-state index in [1.54, 1.807) is 0 Å². The molecule has 16 heavy (non-hydrogen) atoms. The maximum absolute atomic E-state index is 9.80. The third kappa shape index (κ3) is 2.80. The van der Waals surface area contributed by atoms with Crippen LogP contribution >= 0.6 is 0 Å². The van der Waals surface area contributed by atoms with E-state index in [1.807, 2.05) is 12.4 Å². The molecule has 1 aliphatic carbocycles. The molecule has 3 heteroatoms. The van der Waals surface area contributed by atoms with E-state index in [-0.39, 0.29) is 6.10 Å². The third-order valence-electron chi connectivity index (χ3n) is 3.51. The summed E-state index contributed by atoms with van der Waals surface area (Å²) < 4.78 is 0. The number of likely N-dealkylation sites (N-methyl/N-ethyl adjacent to an activating group) is 1. The molecular formula is C13H20N2O. The summed E-state index contributed by atoms with van der Waals surface area (Å²) in [6.45, 7) is 1.01. The molecule has 0 spiro atoms. The molecule has 1 heterocycles. The number of nitrogens with zero attached hydrogens (tertiary/aromatic N) is 2. The molecule has 2 rings (SSSR count). The van der Waals surface area contributed by atoms with E-state index in [4.69, 9.17) is 0 Å². The molecule has 1 aromatic rings. The Morgan fingerprint density at radius 1 is 1.38 bits per heavy atom. The van der Waals surface area contributed by atoms with E-state index in [0.29, 0.717) is 6.04 Å². The van der Waals surface area contributed by atoms with Gasteiger partial charge in [0.1, 0.15) is 0 Å². The molecule has 0 amide bonds. The highest BCUT2D eigenvalue weighted by atomic mass is 16.3. The van der Waals surface area contributed by atoms with Gasteiger partial charge in [-0.2, -0.15) is 0 Å². The number of hydrogen-bond acceptors (Lipinski definition) is 3. The lowest BCUT2D eigenvalue weighted by Gasteiger charge is -2.26. The Morgan fingerprint density at radius 2 is 2.12 bits per heavy atom. The molecule has 2 unspecified atom stereocenters. The normalized spacial score (nSPS) is 25.2. The first-order valence-electron chi connectivity index (χ1n) is 6.04. The van der Waals surface area contributed by atoms with Gasteiger partial charge < -0.3 is 10.0 Å². The molecule has 88 valence electrons. The lowest BCUT2D eigenvalue weighted by molar-refractivity contribution is 0.0870. The minimum atomic E-state index is -0.123. The summed E-state index contributed by atoms with van der Waals surface area (Å²) in [7, 11) is 2.11. The molecule has 1 N–H and O–H groups in total. The fourth-order valence-electron chi connectivity index (χ4n) is 2.46. The highest BCUT2D eigenvalue weighted by molar-refractivity contribution is 5.10. The summed E-state index contributed by atoms with van der Waals surface area (Å²) in [4.78, 5) is 6.30. The lowest BCUT2D eigenvalue weighted by Crippen LogP contribution is -2.38. The molecule has 0 aliphatic heterocycles. The van der Waals surface area contributed by atoms with E-state index in [0.717, 1.165) is 32.2 Å². The van der Waals surface area contributed by atoms with Gasteiger partial charge >= 0.3 is 0 Å². The summed E-state index contributed by atoms with van der Waals surface area (Å²) >= 11 is 0. The van der Waals surface area contributed by atoms with Crippen LogP contribution in [-0.2, 0) is 6.42 Å². The van der Waals surface area contributed by atoms with Crippen LogP contribution in [0.5, 0.6) is 0 Å². The third-order valence-corrected chi connectivity index (χ3v) is 3.51. The van der Waals surface area contributed by atoms with Gasteiger partial charge in [0, 0.05) is 25.0 Å². The maximum Gasteiger partial charge on any atom is 0.0695 e. The Morgan fingerprint density at radius 3 is 2.75 bits per heavy atom. The second-order valence-electron chi connectivity index (χ2n) is 4.65. The summed E-state index contributed by atoms with van der Waals surface area (Å²) in [5.41, 5.74) is 1.31. The minimum Gasteiger partial charge on any atom is -0.391 e. The lowest BCUT2D eigenvalue weighted by atomic mass is 10.1. The van der Waals surface area contributed by atoms with Crippen molar-refractivity contribution in [2.24, 2.45) is 0 Å². The Balaban J connectivity index is 1.81. The van der Waals surface area contributed by atoms with Crippen LogP contribution in [0.25, 0.3) is 0 Å². The second kappa shape index (κ2) is 5.41. The van der Waals surface area contributed by atoms with Crippen molar-refractivity contribution in [3.63, 3.8) is 0 Å². The number of pyridine rings is 1. The number of aromatic nitrogens is 1. The zero-order chi connectivity index (χ0) is 11.4. The topological polar surface area (TPSA) is 36.4 Å². The Bertz CT molecular complexity index is 315. The van der Waals surface area contributed by atoms with E-state index in [9.17, 15) is 5.11 Å². The first-order valence-corrected chi connectivity index (χ1v) is 6.04. The summed E-state index contributed by atoms with van der Waals surface area (Å²) in [6, 6.07) is 4.47. The van der Waals surface area contributed by atoms with E-state index >= 15 is 0 Å². The zero-order valence-corrected chi connectivity index (χ0v) is 9.84. The SMILES string of the molecule is CN(CCc1ccncc1)C1CCCC1O. The van der Waals surface area contributed by atoms with Crippen LogP contribution in [-0.4, -0.2) is 40.7 Å². The van der Waals surface area contributed by atoms with Crippen molar-refractivity contribution in [3.05, 3.63) is 30.1 Å². The van der Waals surface area contributed by atoms with E-state index < -0.39 is 0 Å². The first kappa shape index (κ1) is 11.6. The van der Waals surface area contributed by atoms with Crippen molar-refractivity contribution in [2.45, 2.75) is 37.8 Å². The average Bonchev–Trinajstić information content (AvgIpc) is 2.74. The van der Waals surface area contributed by atoms with Crippen molar-refractivity contribution in [1.82, 2.24) is 9.88 Å². The van der Waals surface area contributed by atoms with Crippen LogP contribution in [0.1, 0.15) is 24.8 Å². The fraction of sp³-hybridized carbons (Fsp3) is 0.615.